The zero-order valence-electron chi connectivity index (χ0n) is 14.7. The van der Waals surface area contributed by atoms with Crippen LogP contribution in [0.2, 0.25) is 0 Å². The van der Waals surface area contributed by atoms with Gasteiger partial charge >= 0.3 is 0 Å². The molecule has 0 amide bonds. The summed E-state index contributed by atoms with van der Waals surface area (Å²) in [5, 5.41) is 1.24. The van der Waals surface area contributed by atoms with Gasteiger partial charge < -0.3 is 4.57 Å². The molecule has 1 heterocycles. The molecule has 0 fully saturated rings. The van der Waals surface area contributed by atoms with E-state index in [4.69, 9.17) is 0 Å². The number of benzene rings is 1. The Hall–Kier alpha value is -0.890. The highest BCUT2D eigenvalue weighted by Gasteiger charge is 2.13. The largest absolute Gasteiger partial charge is 0.347 e. The van der Waals surface area contributed by atoms with Gasteiger partial charge in [0.15, 0.2) is 0 Å². The molecule has 2 aromatic rings. The van der Waals surface area contributed by atoms with Crippen molar-refractivity contribution in [2.75, 3.05) is 20.6 Å². The van der Waals surface area contributed by atoms with Crippen molar-refractivity contribution in [3.63, 3.8) is 0 Å². The Morgan fingerprint density at radius 1 is 1.29 bits per heavy atom. The lowest BCUT2D eigenvalue weighted by atomic mass is 10.1. The van der Waals surface area contributed by atoms with Gasteiger partial charge in [-0.05, 0) is 36.5 Å². The summed E-state index contributed by atoms with van der Waals surface area (Å²) in [4.78, 5) is 0. The standard InChI is InChI=1S/C17H26BrN3O2S/c1-13(2)11-21-12-14(16-8-7-15(18)10-17(16)21)6-5-9-19-24(22,23)20(3)4/h7-8,10,12-13,19H,5-6,9,11H2,1-4H3. The summed E-state index contributed by atoms with van der Waals surface area (Å²) in [7, 11) is -0.284. The fourth-order valence-corrected chi connectivity index (χ4v) is 3.70. The molecule has 1 aromatic heterocycles. The molecule has 0 aliphatic carbocycles. The topological polar surface area (TPSA) is 54.3 Å². The maximum atomic E-state index is 11.7. The number of halogens is 1. The van der Waals surface area contributed by atoms with E-state index in [1.807, 2.05) is 0 Å². The monoisotopic (exact) mass is 415 g/mol. The summed E-state index contributed by atoms with van der Waals surface area (Å²) < 4.78 is 30.6. The van der Waals surface area contributed by atoms with Gasteiger partial charge in [0.05, 0.1) is 0 Å². The van der Waals surface area contributed by atoms with E-state index in [2.05, 4.69) is 63.5 Å². The normalized spacial score (nSPS) is 12.6. The summed E-state index contributed by atoms with van der Waals surface area (Å²) in [6.45, 7) is 5.83. The first-order valence-electron chi connectivity index (χ1n) is 8.15. The van der Waals surface area contributed by atoms with E-state index < -0.39 is 10.2 Å². The molecule has 5 nitrogen and oxygen atoms in total. The molecule has 0 saturated heterocycles. The molecule has 0 unspecified atom stereocenters. The van der Waals surface area contributed by atoms with Crippen LogP contribution in [0.25, 0.3) is 10.9 Å². The first-order valence-corrected chi connectivity index (χ1v) is 10.4. The van der Waals surface area contributed by atoms with E-state index in [0.717, 1.165) is 23.9 Å². The van der Waals surface area contributed by atoms with E-state index >= 15 is 0 Å². The van der Waals surface area contributed by atoms with E-state index in [0.29, 0.717) is 12.5 Å². The second-order valence-electron chi connectivity index (χ2n) is 6.65. The smallest absolute Gasteiger partial charge is 0.278 e. The molecule has 0 saturated carbocycles. The van der Waals surface area contributed by atoms with Gasteiger partial charge in [-0.25, -0.2) is 4.72 Å². The third-order valence-corrected chi connectivity index (χ3v) is 5.90. The van der Waals surface area contributed by atoms with Crippen molar-refractivity contribution in [2.24, 2.45) is 5.92 Å². The highest BCUT2D eigenvalue weighted by molar-refractivity contribution is 9.10. The zero-order valence-corrected chi connectivity index (χ0v) is 17.1. The maximum absolute atomic E-state index is 11.7. The number of hydrogen-bond donors (Lipinski definition) is 1. The molecule has 2 rings (SSSR count). The van der Waals surface area contributed by atoms with Crippen LogP contribution in [-0.4, -0.2) is 37.9 Å². The van der Waals surface area contributed by atoms with Crippen LogP contribution in [0.4, 0.5) is 0 Å². The minimum atomic E-state index is -3.34. The Balaban J connectivity index is 2.12. The van der Waals surface area contributed by atoms with E-state index in [1.54, 1.807) is 0 Å². The van der Waals surface area contributed by atoms with Crippen LogP contribution >= 0.6 is 15.9 Å². The number of fused-ring (bicyclic) bond motifs is 1. The average Bonchev–Trinajstić information content (AvgIpc) is 2.80. The minimum absolute atomic E-state index is 0.438. The van der Waals surface area contributed by atoms with Crippen LogP contribution in [0.3, 0.4) is 0 Å². The first-order chi connectivity index (χ1) is 11.2. The molecule has 1 aromatic carbocycles. The van der Waals surface area contributed by atoms with Gasteiger partial charge in [0.1, 0.15) is 0 Å². The first kappa shape index (κ1) is 19.4. The van der Waals surface area contributed by atoms with E-state index in [9.17, 15) is 8.42 Å². The number of aromatic nitrogens is 1. The lowest BCUT2D eigenvalue weighted by Gasteiger charge is -2.11. The highest BCUT2D eigenvalue weighted by atomic mass is 79.9. The van der Waals surface area contributed by atoms with Crippen LogP contribution in [0.15, 0.2) is 28.9 Å². The molecular formula is C17H26BrN3O2S. The van der Waals surface area contributed by atoms with Crippen LogP contribution in [0.5, 0.6) is 0 Å². The quantitative estimate of drug-likeness (QED) is 0.671. The molecular weight excluding hydrogens is 390 g/mol. The Morgan fingerprint density at radius 2 is 2.00 bits per heavy atom. The van der Waals surface area contributed by atoms with Crippen LogP contribution in [-0.2, 0) is 23.2 Å². The molecule has 0 aliphatic heterocycles. The van der Waals surface area contributed by atoms with E-state index in [-0.39, 0.29) is 0 Å². The van der Waals surface area contributed by atoms with Crippen molar-refractivity contribution in [3.05, 3.63) is 34.4 Å². The predicted octanol–water partition coefficient (Wildman–Crippen LogP) is 3.39. The number of hydrogen-bond acceptors (Lipinski definition) is 2. The Morgan fingerprint density at radius 3 is 2.62 bits per heavy atom. The number of nitrogens with one attached hydrogen (secondary N) is 1. The van der Waals surface area contributed by atoms with Gasteiger partial charge in [-0.2, -0.15) is 12.7 Å². The molecule has 134 valence electrons. The summed E-state index contributed by atoms with van der Waals surface area (Å²) in [5.74, 6) is 0.569. The maximum Gasteiger partial charge on any atom is 0.278 e. The van der Waals surface area contributed by atoms with Crippen LogP contribution in [0, 0.1) is 5.92 Å². The van der Waals surface area contributed by atoms with Crippen molar-refractivity contribution in [1.29, 1.82) is 0 Å². The van der Waals surface area contributed by atoms with Gasteiger partial charge in [-0.1, -0.05) is 35.8 Å². The number of aryl methyl sites for hydroxylation is 1. The van der Waals surface area contributed by atoms with Crippen LogP contribution < -0.4 is 4.72 Å². The number of rotatable bonds is 8. The highest BCUT2D eigenvalue weighted by Crippen LogP contribution is 2.26. The van der Waals surface area contributed by atoms with Gasteiger partial charge in [0.2, 0.25) is 0 Å². The fraction of sp³-hybridized carbons (Fsp3) is 0.529. The molecule has 24 heavy (non-hydrogen) atoms. The summed E-state index contributed by atoms with van der Waals surface area (Å²) >= 11 is 3.55. The molecule has 0 atom stereocenters. The second-order valence-corrected chi connectivity index (χ2v) is 9.53. The molecule has 7 heteroatoms. The van der Waals surface area contributed by atoms with Crippen molar-refractivity contribution >= 4 is 37.0 Å². The van der Waals surface area contributed by atoms with Crippen molar-refractivity contribution < 1.29 is 8.42 Å². The lowest BCUT2D eigenvalue weighted by Crippen LogP contribution is -2.36. The van der Waals surface area contributed by atoms with Crippen molar-refractivity contribution in [1.82, 2.24) is 13.6 Å². The molecule has 1 N–H and O–H groups in total. The molecule has 0 bridgehead atoms. The van der Waals surface area contributed by atoms with Gasteiger partial charge in [0, 0.05) is 48.8 Å². The Labute approximate surface area is 153 Å². The Kier molecular flexibility index (Phi) is 6.47. The molecule has 0 radical (unpaired) electrons. The van der Waals surface area contributed by atoms with Crippen molar-refractivity contribution in [3.8, 4) is 0 Å². The van der Waals surface area contributed by atoms with Crippen molar-refractivity contribution in [2.45, 2.75) is 33.2 Å². The fourth-order valence-electron chi connectivity index (χ4n) is 2.69. The molecule has 0 spiro atoms. The number of nitrogens with zero attached hydrogens (tertiary/aromatic N) is 2. The third-order valence-electron chi connectivity index (χ3n) is 3.88. The summed E-state index contributed by atoms with van der Waals surface area (Å²) in [5.41, 5.74) is 2.49. The van der Waals surface area contributed by atoms with Gasteiger partial charge in [0.25, 0.3) is 10.2 Å². The van der Waals surface area contributed by atoms with Gasteiger partial charge in [-0.15, -0.1) is 0 Å². The average molecular weight is 416 g/mol. The lowest BCUT2D eigenvalue weighted by molar-refractivity contribution is 0.504. The second kappa shape index (κ2) is 7.99. The summed E-state index contributed by atoms with van der Waals surface area (Å²) in [6.07, 6.45) is 3.82. The zero-order chi connectivity index (χ0) is 17.9. The molecule has 0 aliphatic rings. The summed E-state index contributed by atoms with van der Waals surface area (Å²) in [6, 6.07) is 6.34. The van der Waals surface area contributed by atoms with Crippen LogP contribution in [0.1, 0.15) is 25.8 Å². The predicted molar refractivity (Wildman–Crippen MR) is 103 cm³/mol. The van der Waals surface area contributed by atoms with Gasteiger partial charge in [-0.3, -0.25) is 0 Å². The Bertz CT molecular complexity index is 798. The third kappa shape index (κ3) is 4.81. The SMILES string of the molecule is CC(C)Cn1cc(CCCNS(=O)(=O)N(C)C)c2ccc(Br)cc21. The van der Waals surface area contributed by atoms with E-state index in [1.165, 1.54) is 34.9 Å². The minimum Gasteiger partial charge on any atom is -0.347 e.